The molecule has 1 aromatic heterocycles. The largest absolute Gasteiger partial charge is 0.383 e. The van der Waals surface area contributed by atoms with Crippen molar-refractivity contribution in [2.45, 2.75) is 44.5 Å². The molecule has 4 rings (SSSR count). The fourth-order valence-electron chi connectivity index (χ4n) is 3.62. The highest BCUT2D eigenvalue weighted by molar-refractivity contribution is 5.29. The smallest absolute Gasteiger partial charge is 0.350 e. The van der Waals surface area contributed by atoms with E-state index in [9.17, 15) is 4.79 Å². The van der Waals surface area contributed by atoms with Gasteiger partial charge in [0.25, 0.3) is 0 Å². The maximum absolute atomic E-state index is 12.3. The van der Waals surface area contributed by atoms with Crippen molar-refractivity contribution in [1.29, 1.82) is 0 Å². The molecule has 1 fully saturated rings. The minimum absolute atomic E-state index is 0.199. The van der Waals surface area contributed by atoms with Crippen LogP contribution in [-0.4, -0.2) is 34.2 Å². The second-order valence-corrected chi connectivity index (χ2v) is 7.27. The summed E-state index contributed by atoms with van der Waals surface area (Å²) in [6, 6.07) is 11.3. The Balaban J connectivity index is 1.55. The Bertz CT molecular complexity index is 907. The fraction of sp³-hybridized carbons (Fsp3) is 0.400. The number of benzene rings is 1. The molecular weight excluding hydrogens is 346 g/mol. The van der Waals surface area contributed by atoms with Gasteiger partial charge in [-0.05, 0) is 31.1 Å². The lowest BCUT2D eigenvalue weighted by Crippen LogP contribution is -2.34. The average Bonchev–Trinajstić information content (AvgIpc) is 3.10. The van der Waals surface area contributed by atoms with Crippen LogP contribution in [0.1, 0.15) is 25.5 Å². The molecule has 7 heteroatoms. The molecule has 1 aromatic carbocycles. The van der Waals surface area contributed by atoms with Gasteiger partial charge in [-0.1, -0.05) is 36.4 Å². The third-order valence-electron chi connectivity index (χ3n) is 4.77. The zero-order valence-corrected chi connectivity index (χ0v) is 15.4. The first-order valence-electron chi connectivity index (χ1n) is 8.95. The molecule has 7 nitrogen and oxygen atoms in total. The van der Waals surface area contributed by atoms with Gasteiger partial charge in [0.05, 0.1) is 19.3 Å². The van der Waals surface area contributed by atoms with Gasteiger partial charge >= 0.3 is 5.69 Å². The number of rotatable bonds is 5. The van der Waals surface area contributed by atoms with E-state index in [0.717, 1.165) is 11.1 Å². The van der Waals surface area contributed by atoms with Crippen LogP contribution in [0.4, 0.5) is 5.82 Å². The van der Waals surface area contributed by atoms with Crippen LogP contribution in [0.15, 0.2) is 59.0 Å². The maximum atomic E-state index is 12.3. The molecule has 2 aliphatic rings. The van der Waals surface area contributed by atoms with E-state index in [-0.39, 0.29) is 24.1 Å². The van der Waals surface area contributed by atoms with Gasteiger partial charge in [0.15, 0.2) is 5.79 Å². The monoisotopic (exact) mass is 369 g/mol. The molecule has 3 atom stereocenters. The van der Waals surface area contributed by atoms with E-state index in [2.05, 4.69) is 4.98 Å². The number of aromatic nitrogens is 2. The Kier molecular flexibility index (Phi) is 4.59. The molecular formula is C20H23N3O4. The van der Waals surface area contributed by atoms with Gasteiger partial charge in [-0.15, -0.1) is 0 Å². The van der Waals surface area contributed by atoms with E-state index in [1.54, 1.807) is 12.3 Å². The Labute approximate surface area is 157 Å². The lowest BCUT2D eigenvalue weighted by atomic mass is 10.1. The number of hydrogen-bond acceptors (Lipinski definition) is 6. The third-order valence-corrected chi connectivity index (χ3v) is 4.77. The predicted molar refractivity (Wildman–Crippen MR) is 100.0 cm³/mol. The number of fused-ring (bicyclic) bond motifs is 1. The topological polar surface area (TPSA) is 88.6 Å². The normalized spacial score (nSPS) is 26.0. The molecule has 0 bridgehead atoms. The minimum Gasteiger partial charge on any atom is -0.383 e. The molecule has 2 aromatic rings. The summed E-state index contributed by atoms with van der Waals surface area (Å²) in [5.74, 6) is -0.526. The average molecular weight is 369 g/mol. The zero-order chi connectivity index (χ0) is 19.0. The van der Waals surface area contributed by atoms with E-state index in [0.29, 0.717) is 13.2 Å². The molecule has 0 saturated carbocycles. The summed E-state index contributed by atoms with van der Waals surface area (Å²) < 4.78 is 19.6. The number of nitrogens with zero attached hydrogens (tertiary/aromatic N) is 2. The van der Waals surface area contributed by atoms with Gasteiger partial charge in [0, 0.05) is 6.20 Å². The van der Waals surface area contributed by atoms with Crippen LogP contribution in [0.2, 0.25) is 0 Å². The van der Waals surface area contributed by atoms with Crippen molar-refractivity contribution in [3.05, 3.63) is 70.3 Å². The summed E-state index contributed by atoms with van der Waals surface area (Å²) in [4.78, 5) is 16.1. The van der Waals surface area contributed by atoms with Gasteiger partial charge in [-0.2, -0.15) is 4.98 Å². The van der Waals surface area contributed by atoms with Crippen molar-refractivity contribution >= 4 is 5.82 Å². The SMILES string of the molecule is CC1(C)OC2C(COCc3ccccc3)=CC(n3ccc(N)nc3=O)C2O1. The van der Waals surface area contributed by atoms with Crippen molar-refractivity contribution < 1.29 is 14.2 Å². The highest BCUT2D eigenvalue weighted by atomic mass is 16.8. The Hall–Kier alpha value is -2.48. The molecule has 142 valence electrons. The number of nitrogen functional groups attached to an aromatic ring is 1. The number of hydrogen-bond donors (Lipinski definition) is 1. The van der Waals surface area contributed by atoms with Gasteiger partial charge in [0.2, 0.25) is 0 Å². The molecule has 27 heavy (non-hydrogen) atoms. The first kappa shape index (κ1) is 17.9. The van der Waals surface area contributed by atoms with Crippen molar-refractivity contribution in [2.75, 3.05) is 12.3 Å². The van der Waals surface area contributed by atoms with Crippen LogP contribution in [0.3, 0.4) is 0 Å². The highest BCUT2D eigenvalue weighted by Crippen LogP contribution is 2.42. The van der Waals surface area contributed by atoms with Gasteiger partial charge in [-0.3, -0.25) is 4.57 Å². The van der Waals surface area contributed by atoms with Crippen molar-refractivity contribution in [3.63, 3.8) is 0 Å². The van der Waals surface area contributed by atoms with Crippen LogP contribution >= 0.6 is 0 Å². The number of anilines is 1. The predicted octanol–water partition coefficient (Wildman–Crippen LogP) is 2.04. The van der Waals surface area contributed by atoms with Gasteiger partial charge < -0.3 is 19.9 Å². The molecule has 0 spiro atoms. The quantitative estimate of drug-likeness (QED) is 0.812. The summed E-state index contributed by atoms with van der Waals surface area (Å²) in [5.41, 5.74) is 7.27. The molecule has 2 heterocycles. The van der Waals surface area contributed by atoms with E-state index < -0.39 is 11.5 Å². The molecule has 1 saturated heterocycles. The van der Waals surface area contributed by atoms with E-state index in [1.807, 2.05) is 50.3 Å². The molecule has 2 N–H and O–H groups in total. The molecule has 3 unspecified atom stereocenters. The summed E-state index contributed by atoms with van der Waals surface area (Å²) in [6.07, 6.45) is 3.06. The van der Waals surface area contributed by atoms with Crippen LogP contribution < -0.4 is 11.4 Å². The maximum Gasteiger partial charge on any atom is 0.350 e. The second-order valence-electron chi connectivity index (χ2n) is 7.27. The zero-order valence-electron chi connectivity index (χ0n) is 15.4. The van der Waals surface area contributed by atoms with Crippen molar-refractivity contribution in [3.8, 4) is 0 Å². The van der Waals surface area contributed by atoms with E-state index >= 15 is 0 Å². The minimum atomic E-state index is -0.725. The summed E-state index contributed by atoms with van der Waals surface area (Å²) >= 11 is 0. The highest BCUT2D eigenvalue weighted by Gasteiger charge is 2.50. The van der Waals surface area contributed by atoms with Crippen LogP contribution in [0.5, 0.6) is 0 Å². The first-order valence-corrected chi connectivity index (χ1v) is 8.95. The lowest BCUT2D eigenvalue weighted by molar-refractivity contribution is -0.148. The number of nitrogens with two attached hydrogens (primary N) is 1. The molecule has 1 aliphatic carbocycles. The fourth-order valence-corrected chi connectivity index (χ4v) is 3.62. The Morgan fingerprint density at radius 2 is 1.96 bits per heavy atom. The molecule has 1 aliphatic heterocycles. The molecule has 0 radical (unpaired) electrons. The van der Waals surface area contributed by atoms with E-state index in [4.69, 9.17) is 19.9 Å². The van der Waals surface area contributed by atoms with Crippen molar-refractivity contribution in [2.24, 2.45) is 0 Å². The Morgan fingerprint density at radius 3 is 2.70 bits per heavy atom. The van der Waals surface area contributed by atoms with Gasteiger partial charge in [-0.25, -0.2) is 4.79 Å². The summed E-state index contributed by atoms with van der Waals surface area (Å²) in [5, 5.41) is 0. The summed E-state index contributed by atoms with van der Waals surface area (Å²) in [7, 11) is 0. The van der Waals surface area contributed by atoms with Crippen LogP contribution in [0.25, 0.3) is 0 Å². The van der Waals surface area contributed by atoms with Crippen molar-refractivity contribution in [1.82, 2.24) is 9.55 Å². The first-order chi connectivity index (χ1) is 12.9. The summed E-state index contributed by atoms with van der Waals surface area (Å²) in [6.45, 7) is 4.65. The second kappa shape index (κ2) is 6.92. The third kappa shape index (κ3) is 3.66. The van der Waals surface area contributed by atoms with Gasteiger partial charge in [0.1, 0.15) is 18.0 Å². The van der Waals surface area contributed by atoms with Crippen LogP contribution in [-0.2, 0) is 20.8 Å². The number of ether oxygens (including phenoxy) is 3. The van der Waals surface area contributed by atoms with Crippen LogP contribution in [0, 0.1) is 0 Å². The lowest BCUT2D eigenvalue weighted by Gasteiger charge is -2.22. The Morgan fingerprint density at radius 1 is 1.19 bits per heavy atom. The molecule has 0 amide bonds. The standard InChI is InChI=1S/C20H23N3O4/c1-20(2)26-17-14(12-25-11-13-6-4-3-5-7-13)10-15(18(17)27-20)23-9-8-16(21)22-19(23)24/h3-10,15,17-18H,11-12H2,1-2H3,(H2,21,22,24). The van der Waals surface area contributed by atoms with E-state index in [1.165, 1.54) is 4.57 Å².